The summed E-state index contributed by atoms with van der Waals surface area (Å²) in [6.07, 6.45) is 0. The molecule has 0 fully saturated rings. The minimum atomic E-state index is -1.11. The van der Waals surface area contributed by atoms with Crippen LogP contribution in [-0.2, 0) is 14.3 Å². The Balaban J connectivity index is 3.00. The van der Waals surface area contributed by atoms with Crippen LogP contribution >= 0.6 is 0 Å². The van der Waals surface area contributed by atoms with Crippen molar-refractivity contribution in [3.05, 3.63) is 28.3 Å². The van der Waals surface area contributed by atoms with Gasteiger partial charge in [-0.2, -0.15) is 0 Å². The molecule has 0 saturated heterocycles. The summed E-state index contributed by atoms with van der Waals surface area (Å²) in [4.78, 5) is 32.7. The monoisotopic (exact) mass is 268 g/mol. The summed E-state index contributed by atoms with van der Waals surface area (Å²) in [5, 5.41) is 12.9. The second-order valence-corrected chi connectivity index (χ2v) is 3.31. The van der Waals surface area contributed by atoms with Crippen molar-refractivity contribution in [2.45, 2.75) is 6.92 Å². The van der Waals surface area contributed by atoms with Gasteiger partial charge < -0.3 is 14.8 Å². The number of rotatable bonds is 4. The Morgan fingerprint density at radius 3 is 2.63 bits per heavy atom. The summed E-state index contributed by atoms with van der Waals surface area (Å²) in [6, 6.07) is 3.78. The second kappa shape index (κ2) is 6.34. The van der Waals surface area contributed by atoms with E-state index in [1.54, 1.807) is 6.92 Å². The molecule has 8 nitrogen and oxygen atoms in total. The van der Waals surface area contributed by atoms with E-state index in [0.717, 1.165) is 0 Å². The van der Waals surface area contributed by atoms with Crippen molar-refractivity contribution in [3.8, 4) is 5.75 Å². The number of nitro benzene ring substituents is 1. The van der Waals surface area contributed by atoms with Crippen LogP contribution in [0.15, 0.2) is 18.2 Å². The molecular formula is C11H12N2O6. The molecule has 0 saturated carbocycles. The van der Waals surface area contributed by atoms with Gasteiger partial charge in [-0.3, -0.25) is 14.9 Å². The van der Waals surface area contributed by atoms with Crippen LogP contribution < -0.4 is 10.1 Å². The van der Waals surface area contributed by atoms with Gasteiger partial charge in [-0.15, -0.1) is 0 Å². The normalized spacial score (nSPS) is 9.58. The first kappa shape index (κ1) is 14.4. The van der Waals surface area contributed by atoms with Crippen LogP contribution in [0.4, 0.5) is 11.4 Å². The third-order valence-corrected chi connectivity index (χ3v) is 2.11. The van der Waals surface area contributed by atoms with Gasteiger partial charge in [-0.1, -0.05) is 0 Å². The highest BCUT2D eigenvalue weighted by Gasteiger charge is 2.21. The Morgan fingerprint density at radius 1 is 1.42 bits per heavy atom. The van der Waals surface area contributed by atoms with Crippen LogP contribution in [0.2, 0.25) is 0 Å². The van der Waals surface area contributed by atoms with E-state index in [2.05, 4.69) is 10.1 Å². The van der Waals surface area contributed by atoms with Crippen LogP contribution in [-0.4, -0.2) is 30.5 Å². The predicted octanol–water partition coefficient (Wildman–Crippen LogP) is 1.10. The Hall–Kier alpha value is -2.64. The van der Waals surface area contributed by atoms with Gasteiger partial charge in [0.15, 0.2) is 0 Å². The molecule has 0 aliphatic carbocycles. The zero-order valence-corrected chi connectivity index (χ0v) is 10.3. The Kier molecular flexibility index (Phi) is 4.81. The average Bonchev–Trinajstić information content (AvgIpc) is 2.38. The SMILES string of the molecule is CCOC(=O)C(=O)Nc1cc(OC)ccc1[N+](=O)[O-]. The summed E-state index contributed by atoms with van der Waals surface area (Å²) in [5.41, 5.74) is -0.485. The fraction of sp³-hybridized carbons (Fsp3) is 0.273. The number of benzene rings is 1. The second-order valence-electron chi connectivity index (χ2n) is 3.31. The number of nitrogens with zero attached hydrogens (tertiary/aromatic N) is 1. The van der Waals surface area contributed by atoms with E-state index >= 15 is 0 Å². The Morgan fingerprint density at radius 2 is 2.11 bits per heavy atom. The number of methoxy groups -OCH3 is 1. The zero-order valence-electron chi connectivity index (χ0n) is 10.3. The molecule has 0 aliphatic rings. The first-order valence-corrected chi connectivity index (χ1v) is 5.30. The van der Waals surface area contributed by atoms with Crippen molar-refractivity contribution in [3.63, 3.8) is 0 Å². The lowest BCUT2D eigenvalue weighted by Crippen LogP contribution is -2.25. The van der Waals surface area contributed by atoms with E-state index in [1.165, 1.54) is 25.3 Å². The summed E-state index contributed by atoms with van der Waals surface area (Å²) in [7, 11) is 1.37. The maximum absolute atomic E-state index is 11.4. The van der Waals surface area contributed by atoms with E-state index in [-0.39, 0.29) is 18.0 Å². The van der Waals surface area contributed by atoms with Gasteiger partial charge in [0.1, 0.15) is 11.4 Å². The molecule has 1 aromatic carbocycles. The van der Waals surface area contributed by atoms with E-state index in [4.69, 9.17) is 4.74 Å². The molecule has 0 aliphatic heterocycles. The maximum Gasteiger partial charge on any atom is 0.397 e. The standard InChI is InChI=1S/C11H12N2O6/c1-3-19-11(15)10(14)12-8-6-7(18-2)4-5-9(8)13(16)17/h4-6H,3H2,1-2H3,(H,12,14). The highest BCUT2D eigenvalue weighted by molar-refractivity contribution is 6.37. The largest absolute Gasteiger partial charge is 0.497 e. The molecule has 8 heteroatoms. The lowest BCUT2D eigenvalue weighted by Gasteiger charge is -2.07. The van der Waals surface area contributed by atoms with Gasteiger partial charge in [-0.25, -0.2) is 4.79 Å². The van der Waals surface area contributed by atoms with Crippen LogP contribution in [0.3, 0.4) is 0 Å². The van der Waals surface area contributed by atoms with Gasteiger partial charge >= 0.3 is 11.9 Å². The van der Waals surface area contributed by atoms with Crippen molar-refractivity contribution in [2.24, 2.45) is 0 Å². The molecule has 0 atom stereocenters. The first-order valence-electron chi connectivity index (χ1n) is 5.30. The van der Waals surface area contributed by atoms with Crippen molar-refractivity contribution in [1.29, 1.82) is 0 Å². The highest BCUT2D eigenvalue weighted by atomic mass is 16.6. The van der Waals surface area contributed by atoms with Crippen molar-refractivity contribution in [2.75, 3.05) is 19.0 Å². The summed E-state index contributed by atoms with van der Waals surface area (Å²) < 4.78 is 9.37. The molecule has 0 aromatic heterocycles. The quantitative estimate of drug-likeness (QED) is 0.379. The molecule has 102 valence electrons. The van der Waals surface area contributed by atoms with Gasteiger partial charge in [0, 0.05) is 12.1 Å². The number of carbonyl (C=O) groups is 2. The van der Waals surface area contributed by atoms with E-state index in [9.17, 15) is 19.7 Å². The van der Waals surface area contributed by atoms with Crippen LogP contribution in [0.1, 0.15) is 6.92 Å². The van der Waals surface area contributed by atoms with Crippen LogP contribution in [0.25, 0.3) is 0 Å². The highest BCUT2D eigenvalue weighted by Crippen LogP contribution is 2.28. The third kappa shape index (κ3) is 3.66. The van der Waals surface area contributed by atoms with Crippen molar-refractivity contribution >= 4 is 23.3 Å². The summed E-state index contributed by atoms with van der Waals surface area (Å²) in [5.74, 6) is -1.89. The molecular weight excluding hydrogens is 256 g/mol. The minimum absolute atomic E-state index is 0.0342. The zero-order chi connectivity index (χ0) is 14.4. The number of hydrogen-bond acceptors (Lipinski definition) is 6. The lowest BCUT2D eigenvalue weighted by atomic mass is 10.2. The molecule has 1 amide bonds. The lowest BCUT2D eigenvalue weighted by molar-refractivity contribution is -0.383. The van der Waals surface area contributed by atoms with Crippen LogP contribution in [0, 0.1) is 10.1 Å². The molecule has 0 radical (unpaired) electrons. The smallest absolute Gasteiger partial charge is 0.397 e. The minimum Gasteiger partial charge on any atom is -0.497 e. The first-order chi connectivity index (χ1) is 8.99. The number of hydrogen-bond donors (Lipinski definition) is 1. The topological polar surface area (TPSA) is 108 Å². The molecule has 0 spiro atoms. The molecule has 0 heterocycles. The fourth-order valence-corrected chi connectivity index (χ4v) is 1.27. The van der Waals surface area contributed by atoms with E-state index < -0.39 is 16.8 Å². The maximum atomic E-state index is 11.4. The molecule has 1 N–H and O–H groups in total. The summed E-state index contributed by atoms with van der Waals surface area (Å²) >= 11 is 0. The van der Waals surface area contributed by atoms with Gasteiger partial charge in [0.05, 0.1) is 18.6 Å². The number of nitro groups is 1. The summed E-state index contributed by atoms with van der Waals surface area (Å²) in [6.45, 7) is 1.58. The van der Waals surface area contributed by atoms with Gasteiger partial charge in [-0.05, 0) is 13.0 Å². The van der Waals surface area contributed by atoms with E-state index in [1.807, 2.05) is 0 Å². The van der Waals surface area contributed by atoms with Gasteiger partial charge in [0.2, 0.25) is 0 Å². The molecule has 0 bridgehead atoms. The Bertz CT molecular complexity index is 514. The Labute approximate surface area is 108 Å². The van der Waals surface area contributed by atoms with Crippen molar-refractivity contribution < 1.29 is 24.0 Å². The number of ether oxygens (including phenoxy) is 2. The number of nitrogens with one attached hydrogen (secondary N) is 1. The van der Waals surface area contributed by atoms with Gasteiger partial charge in [0.25, 0.3) is 5.69 Å². The molecule has 0 unspecified atom stereocenters. The molecule has 1 aromatic rings. The van der Waals surface area contributed by atoms with E-state index in [0.29, 0.717) is 5.75 Å². The number of amides is 1. The van der Waals surface area contributed by atoms with Crippen molar-refractivity contribution in [1.82, 2.24) is 0 Å². The predicted molar refractivity (Wildman–Crippen MR) is 64.9 cm³/mol. The fourth-order valence-electron chi connectivity index (χ4n) is 1.27. The third-order valence-electron chi connectivity index (χ3n) is 2.11. The average molecular weight is 268 g/mol. The number of esters is 1. The molecule has 1 rings (SSSR count). The number of anilines is 1. The number of carbonyl (C=O) groups excluding carboxylic acids is 2. The van der Waals surface area contributed by atoms with Crippen LogP contribution in [0.5, 0.6) is 5.75 Å². The molecule has 19 heavy (non-hydrogen) atoms.